The second-order valence-electron chi connectivity index (χ2n) is 4.26. The van der Waals surface area contributed by atoms with Gasteiger partial charge in [-0.05, 0) is 37.1 Å². The molecule has 1 aromatic rings. The first-order chi connectivity index (χ1) is 9.36. The average molecular weight is 267 g/mol. The highest BCUT2D eigenvalue weighted by atomic mass is 16.5. The fourth-order valence-electron chi connectivity index (χ4n) is 1.56. The Morgan fingerprint density at radius 2 is 1.79 bits per heavy atom. The molecule has 0 heterocycles. The Balaban J connectivity index is 2.09. The summed E-state index contributed by atoms with van der Waals surface area (Å²) in [5.74, 6) is 0.920. The van der Waals surface area contributed by atoms with Crippen molar-refractivity contribution in [3.8, 4) is 5.75 Å². The number of nitrogens with one attached hydrogen (secondary N) is 1. The lowest BCUT2D eigenvalue weighted by molar-refractivity contribution is 0.109. The zero-order valence-corrected chi connectivity index (χ0v) is 12.0. The number of anilines is 1. The third-order valence-corrected chi connectivity index (χ3v) is 2.54. The molecule has 0 unspecified atom stereocenters. The lowest BCUT2D eigenvalue weighted by Crippen LogP contribution is -2.10. The minimum absolute atomic E-state index is 0.706. The van der Waals surface area contributed by atoms with Crippen LogP contribution in [-0.2, 0) is 9.47 Å². The third-order valence-electron chi connectivity index (χ3n) is 2.54. The first kappa shape index (κ1) is 15.8. The molecule has 19 heavy (non-hydrogen) atoms. The summed E-state index contributed by atoms with van der Waals surface area (Å²) in [6.07, 6.45) is 1.97. The second-order valence-corrected chi connectivity index (χ2v) is 4.26. The Hall–Kier alpha value is -1.26. The molecule has 4 nitrogen and oxygen atoms in total. The second kappa shape index (κ2) is 10.6. The zero-order chi connectivity index (χ0) is 13.8. The standard InChI is InChI=1S/C15H25NO3/c1-3-10-19-15-7-5-14(6-8-15)16-9-13-18-12-4-11-17-2/h5-8,16H,3-4,9-13H2,1-2H3. The van der Waals surface area contributed by atoms with E-state index in [4.69, 9.17) is 14.2 Å². The molecular formula is C15H25NO3. The molecule has 4 heteroatoms. The number of ether oxygens (including phenoxy) is 3. The van der Waals surface area contributed by atoms with Crippen molar-refractivity contribution >= 4 is 5.69 Å². The van der Waals surface area contributed by atoms with Gasteiger partial charge in [0.1, 0.15) is 5.75 Å². The van der Waals surface area contributed by atoms with Crippen molar-refractivity contribution in [3.63, 3.8) is 0 Å². The number of rotatable bonds is 11. The van der Waals surface area contributed by atoms with Crippen molar-refractivity contribution in [2.75, 3.05) is 45.4 Å². The summed E-state index contributed by atoms with van der Waals surface area (Å²) in [6.45, 7) is 5.89. The van der Waals surface area contributed by atoms with Crippen LogP contribution >= 0.6 is 0 Å². The largest absolute Gasteiger partial charge is 0.494 e. The lowest BCUT2D eigenvalue weighted by atomic mass is 10.3. The zero-order valence-electron chi connectivity index (χ0n) is 12.0. The van der Waals surface area contributed by atoms with Gasteiger partial charge in [0.2, 0.25) is 0 Å². The molecule has 1 N–H and O–H groups in total. The molecular weight excluding hydrogens is 242 g/mol. The monoisotopic (exact) mass is 267 g/mol. The molecule has 0 aliphatic rings. The van der Waals surface area contributed by atoms with Gasteiger partial charge in [-0.15, -0.1) is 0 Å². The van der Waals surface area contributed by atoms with Gasteiger partial charge in [0.05, 0.1) is 13.2 Å². The van der Waals surface area contributed by atoms with Crippen molar-refractivity contribution in [2.45, 2.75) is 19.8 Å². The van der Waals surface area contributed by atoms with Gasteiger partial charge in [0, 0.05) is 32.6 Å². The molecule has 0 saturated carbocycles. The van der Waals surface area contributed by atoms with E-state index >= 15 is 0 Å². The van der Waals surface area contributed by atoms with E-state index in [-0.39, 0.29) is 0 Å². The smallest absolute Gasteiger partial charge is 0.119 e. The van der Waals surface area contributed by atoms with Gasteiger partial charge in [0.15, 0.2) is 0 Å². The van der Waals surface area contributed by atoms with Crippen LogP contribution in [0.3, 0.4) is 0 Å². The molecule has 0 aromatic heterocycles. The van der Waals surface area contributed by atoms with E-state index in [0.29, 0.717) is 6.61 Å². The van der Waals surface area contributed by atoms with Crippen LogP contribution in [0, 0.1) is 0 Å². The fraction of sp³-hybridized carbons (Fsp3) is 0.600. The molecule has 0 radical (unpaired) electrons. The van der Waals surface area contributed by atoms with E-state index in [1.54, 1.807) is 7.11 Å². The first-order valence-electron chi connectivity index (χ1n) is 6.90. The van der Waals surface area contributed by atoms with Gasteiger partial charge in [-0.3, -0.25) is 0 Å². The number of benzene rings is 1. The minimum atomic E-state index is 0.706. The van der Waals surface area contributed by atoms with E-state index in [1.165, 1.54) is 0 Å². The maximum atomic E-state index is 5.53. The van der Waals surface area contributed by atoms with Crippen LogP contribution in [0.25, 0.3) is 0 Å². The van der Waals surface area contributed by atoms with Crippen molar-refractivity contribution in [2.24, 2.45) is 0 Å². The topological polar surface area (TPSA) is 39.7 Å². The molecule has 0 fully saturated rings. The van der Waals surface area contributed by atoms with Gasteiger partial charge in [-0.1, -0.05) is 6.92 Å². The predicted octanol–water partition coefficient (Wildman–Crippen LogP) is 2.94. The van der Waals surface area contributed by atoms with E-state index in [1.807, 2.05) is 24.3 Å². The Bertz CT molecular complexity index is 314. The van der Waals surface area contributed by atoms with Crippen LogP contribution < -0.4 is 10.1 Å². The van der Waals surface area contributed by atoms with Gasteiger partial charge in [-0.2, -0.15) is 0 Å². The lowest BCUT2D eigenvalue weighted by Gasteiger charge is -2.09. The van der Waals surface area contributed by atoms with E-state index in [2.05, 4.69) is 12.2 Å². The van der Waals surface area contributed by atoms with Gasteiger partial charge in [0.25, 0.3) is 0 Å². The number of methoxy groups -OCH3 is 1. The Kier molecular flexibility index (Phi) is 8.85. The molecule has 0 saturated heterocycles. The molecule has 1 rings (SSSR count). The number of hydrogen-bond acceptors (Lipinski definition) is 4. The van der Waals surface area contributed by atoms with Crippen LogP contribution in [0.4, 0.5) is 5.69 Å². The summed E-state index contributed by atoms with van der Waals surface area (Å²) < 4.78 is 15.9. The molecule has 0 atom stereocenters. The maximum Gasteiger partial charge on any atom is 0.119 e. The summed E-state index contributed by atoms with van der Waals surface area (Å²) in [7, 11) is 1.70. The van der Waals surface area contributed by atoms with Crippen molar-refractivity contribution in [3.05, 3.63) is 24.3 Å². The van der Waals surface area contributed by atoms with E-state index in [9.17, 15) is 0 Å². The highest BCUT2D eigenvalue weighted by Gasteiger charge is 1.95. The van der Waals surface area contributed by atoms with Crippen LogP contribution in [0.5, 0.6) is 5.75 Å². The normalized spacial score (nSPS) is 10.4. The van der Waals surface area contributed by atoms with E-state index in [0.717, 1.165) is 50.6 Å². The van der Waals surface area contributed by atoms with E-state index < -0.39 is 0 Å². The highest BCUT2D eigenvalue weighted by Crippen LogP contribution is 2.15. The Morgan fingerprint density at radius 3 is 2.47 bits per heavy atom. The molecule has 0 bridgehead atoms. The number of hydrogen-bond donors (Lipinski definition) is 1. The minimum Gasteiger partial charge on any atom is -0.494 e. The van der Waals surface area contributed by atoms with Crippen LogP contribution in [-0.4, -0.2) is 40.1 Å². The average Bonchev–Trinajstić information content (AvgIpc) is 2.45. The Labute approximate surface area is 116 Å². The molecule has 0 aliphatic carbocycles. The first-order valence-corrected chi connectivity index (χ1v) is 6.90. The van der Waals surface area contributed by atoms with Crippen molar-refractivity contribution in [1.29, 1.82) is 0 Å². The fourth-order valence-corrected chi connectivity index (χ4v) is 1.56. The summed E-state index contributed by atoms with van der Waals surface area (Å²) in [5.41, 5.74) is 1.09. The molecule has 0 spiro atoms. The summed E-state index contributed by atoms with van der Waals surface area (Å²) >= 11 is 0. The summed E-state index contributed by atoms with van der Waals surface area (Å²) in [5, 5.41) is 3.31. The third kappa shape index (κ3) is 7.70. The van der Waals surface area contributed by atoms with Crippen molar-refractivity contribution < 1.29 is 14.2 Å². The molecule has 0 amide bonds. The molecule has 0 aliphatic heterocycles. The predicted molar refractivity (Wildman–Crippen MR) is 78.0 cm³/mol. The Morgan fingerprint density at radius 1 is 1.00 bits per heavy atom. The quantitative estimate of drug-likeness (QED) is 0.626. The highest BCUT2D eigenvalue weighted by molar-refractivity contribution is 5.46. The summed E-state index contributed by atoms with van der Waals surface area (Å²) in [6, 6.07) is 8.01. The van der Waals surface area contributed by atoms with Gasteiger partial charge in [-0.25, -0.2) is 0 Å². The van der Waals surface area contributed by atoms with Crippen molar-refractivity contribution in [1.82, 2.24) is 0 Å². The van der Waals surface area contributed by atoms with Crippen LogP contribution in [0.1, 0.15) is 19.8 Å². The summed E-state index contributed by atoms with van der Waals surface area (Å²) in [4.78, 5) is 0. The van der Waals surface area contributed by atoms with Gasteiger partial charge < -0.3 is 19.5 Å². The van der Waals surface area contributed by atoms with Gasteiger partial charge >= 0.3 is 0 Å². The van der Waals surface area contributed by atoms with Crippen LogP contribution in [0.2, 0.25) is 0 Å². The maximum absolute atomic E-state index is 5.53. The molecule has 1 aromatic carbocycles. The van der Waals surface area contributed by atoms with Crippen LogP contribution in [0.15, 0.2) is 24.3 Å². The SMILES string of the molecule is CCCOc1ccc(NCCOCCCOC)cc1. The molecule has 108 valence electrons.